The quantitative estimate of drug-likeness (QED) is 0.393. The van der Waals surface area contributed by atoms with Crippen LogP contribution in [-0.2, 0) is 6.54 Å². The van der Waals surface area contributed by atoms with Crippen molar-refractivity contribution in [3.8, 4) is 11.4 Å². The molecule has 0 unspecified atom stereocenters. The molecule has 0 fully saturated rings. The van der Waals surface area contributed by atoms with Gasteiger partial charge in [0.05, 0.1) is 0 Å². The topological polar surface area (TPSA) is 75.3 Å². The predicted octanol–water partition coefficient (Wildman–Crippen LogP) is 3.59. The Bertz CT molecular complexity index is 677. The molecule has 2 aromatic rings. The van der Waals surface area contributed by atoms with Crippen LogP contribution in [-0.4, -0.2) is 41.2 Å². The molecule has 1 aromatic heterocycles. The number of benzene rings is 1. The van der Waals surface area contributed by atoms with Gasteiger partial charge >= 0.3 is 0 Å². The summed E-state index contributed by atoms with van der Waals surface area (Å²) in [6.45, 7) is 4.06. The first-order chi connectivity index (χ1) is 12.2. The minimum absolute atomic E-state index is 0.327. The Balaban J connectivity index is 1.91. The van der Waals surface area contributed by atoms with Crippen LogP contribution in [0.15, 0.2) is 33.8 Å². The van der Waals surface area contributed by atoms with Crippen molar-refractivity contribution < 1.29 is 4.52 Å². The lowest BCUT2D eigenvalue weighted by Gasteiger charge is -2.10. The molecular weight excluding hydrogens is 358 g/mol. The average molecular weight is 382 g/mol. The second-order valence-electron chi connectivity index (χ2n) is 5.34. The van der Waals surface area contributed by atoms with Gasteiger partial charge in [0, 0.05) is 23.7 Å². The maximum absolute atomic E-state index is 5.99. The number of aromatic nitrogens is 2. The third-order valence-corrected chi connectivity index (χ3v) is 4.27. The van der Waals surface area contributed by atoms with Gasteiger partial charge in [0.1, 0.15) is 6.54 Å². The number of hydrogen-bond donors (Lipinski definition) is 2. The van der Waals surface area contributed by atoms with Crippen LogP contribution in [0.2, 0.25) is 5.02 Å². The van der Waals surface area contributed by atoms with E-state index in [0.717, 1.165) is 31.0 Å². The molecule has 0 spiro atoms. The summed E-state index contributed by atoms with van der Waals surface area (Å²) in [4.78, 5) is 8.87. The normalized spacial score (nSPS) is 11.6. The number of nitrogens with one attached hydrogen (secondary N) is 2. The number of aliphatic imine (C=N–C) groups is 1. The van der Waals surface area contributed by atoms with Crippen LogP contribution in [0.5, 0.6) is 0 Å². The summed E-state index contributed by atoms with van der Waals surface area (Å²) in [5, 5.41) is 11.2. The third-order valence-electron chi connectivity index (χ3n) is 3.34. The first-order valence-electron chi connectivity index (χ1n) is 8.32. The molecule has 0 saturated carbocycles. The second kappa shape index (κ2) is 11.0. The van der Waals surface area contributed by atoms with Crippen molar-refractivity contribution in [2.45, 2.75) is 26.3 Å². The van der Waals surface area contributed by atoms with E-state index < -0.39 is 0 Å². The van der Waals surface area contributed by atoms with E-state index in [-0.39, 0.29) is 0 Å². The zero-order valence-electron chi connectivity index (χ0n) is 14.6. The first kappa shape index (κ1) is 19.6. The molecule has 2 N–H and O–H groups in total. The van der Waals surface area contributed by atoms with Crippen LogP contribution in [0.25, 0.3) is 11.4 Å². The number of nitrogens with zero attached hydrogens (tertiary/aromatic N) is 3. The van der Waals surface area contributed by atoms with E-state index in [2.05, 4.69) is 32.0 Å². The van der Waals surface area contributed by atoms with Gasteiger partial charge in [-0.1, -0.05) is 28.9 Å². The molecular formula is C17H24ClN5OS. The average Bonchev–Trinajstić information content (AvgIpc) is 3.08. The van der Waals surface area contributed by atoms with Crippen molar-refractivity contribution in [2.75, 3.05) is 25.1 Å². The smallest absolute Gasteiger partial charge is 0.248 e. The number of hydrogen-bond acceptors (Lipinski definition) is 5. The highest BCUT2D eigenvalue weighted by molar-refractivity contribution is 7.98. The Morgan fingerprint density at radius 2 is 2.20 bits per heavy atom. The Kier molecular flexibility index (Phi) is 8.62. The SMILES string of the molecule is CCNC(=NCc1nc(-c2cccc(Cl)c2)no1)NCCCCSC. The van der Waals surface area contributed by atoms with Gasteiger partial charge in [0.25, 0.3) is 0 Å². The largest absolute Gasteiger partial charge is 0.357 e. The van der Waals surface area contributed by atoms with Crippen LogP contribution < -0.4 is 10.6 Å². The van der Waals surface area contributed by atoms with Gasteiger partial charge < -0.3 is 15.2 Å². The Hall–Kier alpha value is -1.73. The van der Waals surface area contributed by atoms with E-state index in [9.17, 15) is 0 Å². The van der Waals surface area contributed by atoms with Crippen molar-refractivity contribution in [1.29, 1.82) is 0 Å². The fourth-order valence-electron chi connectivity index (χ4n) is 2.13. The van der Waals surface area contributed by atoms with Crippen LogP contribution >= 0.6 is 23.4 Å². The molecule has 0 bridgehead atoms. The monoisotopic (exact) mass is 381 g/mol. The van der Waals surface area contributed by atoms with Crippen molar-refractivity contribution in [2.24, 2.45) is 4.99 Å². The molecule has 2 rings (SSSR count). The molecule has 1 heterocycles. The van der Waals surface area contributed by atoms with Gasteiger partial charge in [-0.3, -0.25) is 0 Å². The number of rotatable bonds is 9. The molecule has 0 radical (unpaired) electrons. The minimum Gasteiger partial charge on any atom is -0.357 e. The first-order valence-corrected chi connectivity index (χ1v) is 10.1. The molecule has 0 saturated heterocycles. The molecule has 0 aliphatic heterocycles. The second-order valence-corrected chi connectivity index (χ2v) is 6.77. The van der Waals surface area contributed by atoms with Gasteiger partial charge in [-0.15, -0.1) is 0 Å². The lowest BCUT2D eigenvalue weighted by molar-refractivity contribution is 0.380. The van der Waals surface area contributed by atoms with E-state index in [1.807, 2.05) is 36.9 Å². The number of guanidine groups is 1. The van der Waals surface area contributed by atoms with E-state index in [4.69, 9.17) is 16.1 Å². The van der Waals surface area contributed by atoms with Crippen LogP contribution in [0.4, 0.5) is 0 Å². The van der Waals surface area contributed by atoms with E-state index in [1.54, 1.807) is 6.07 Å². The Morgan fingerprint density at radius 1 is 1.32 bits per heavy atom. The fourth-order valence-corrected chi connectivity index (χ4v) is 2.81. The highest BCUT2D eigenvalue weighted by atomic mass is 35.5. The molecule has 0 amide bonds. The summed E-state index contributed by atoms with van der Waals surface area (Å²) in [7, 11) is 0. The van der Waals surface area contributed by atoms with E-state index in [0.29, 0.717) is 23.3 Å². The van der Waals surface area contributed by atoms with Crippen molar-refractivity contribution in [3.05, 3.63) is 35.2 Å². The molecule has 1 aromatic carbocycles. The lowest BCUT2D eigenvalue weighted by Crippen LogP contribution is -2.37. The summed E-state index contributed by atoms with van der Waals surface area (Å²) < 4.78 is 5.28. The van der Waals surface area contributed by atoms with Gasteiger partial charge in [-0.2, -0.15) is 16.7 Å². The minimum atomic E-state index is 0.327. The van der Waals surface area contributed by atoms with Gasteiger partial charge in [0.15, 0.2) is 5.96 Å². The summed E-state index contributed by atoms with van der Waals surface area (Å²) >= 11 is 7.86. The van der Waals surface area contributed by atoms with Gasteiger partial charge in [0.2, 0.25) is 11.7 Å². The van der Waals surface area contributed by atoms with E-state index >= 15 is 0 Å². The number of thioether (sulfide) groups is 1. The zero-order valence-corrected chi connectivity index (χ0v) is 16.2. The molecule has 0 atom stereocenters. The molecule has 6 nitrogen and oxygen atoms in total. The fraction of sp³-hybridized carbons (Fsp3) is 0.471. The molecule has 0 aliphatic carbocycles. The zero-order chi connectivity index (χ0) is 17.9. The van der Waals surface area contributed by atoms with Crippen molar-refractivity contribution >= 4 is 29.3 Å². The molecule has 25 heavy (non-hydrogen) atoms. The number of halogens is 1. The highest BCUT2D eigenvalue weighted by Gasteiger charge is 2.09. The molecule has 0 aliphatic rings. The highest BCUT2D eigenvalue weighted by Crippen LogP contribution is 2.20. The van der Waals surface area contributed by atoms with Crippen LogP contribution in [0.3, 0.4) is 0 Å². The maximum Gasteiger partial charge on any atom is 0.248 e. The van der Waals surface area contributed by atoms with Crippen molar-refractivity contribution in [1.82, 2.24) is 20.8 Å². The predicted molar refractivity (Wildman–Crippen MR) is 105 cm³/mol. The summed E-state index contributed by atoms with van der Waals surface area (Å²) in [6.07, 6.45) is 4.44. The lowest BCUT2D eigenvalue weighted by atomic mass is 10.2. The van der Waals surface area contributed by atoms with Gasteiger partial charge in [-0.05, 0) is 43.9 Å². The Labute approximate surface area is 157 Å². The summed E-state index contributed by atoms with van der Waals surface area (Å²) in [6, 6.07) is 7.36. The summed E-state index contributed by atoms with van der Waals surface area (Å²) in [5.74, 6) is 2.93. The standard InChI is InChI=1S/C17H24ClN5OS/c1-3-19-17(20-9-4-5-10-25-2)21-12-15-22-16(23-24-15)13-7-6-8-14(18)11-13/h6-8,11H,3-5,9-10,12H2,1-2H3,(H2,19,20,21). The third kappa shape index (κ3) is 6.96. The summed E-state index contributed by atoms with van der Waals surface area (Å²) in [5.41, 5.74) is 0.824. The van der Waals surface area contributed by atoms with Crippen LogP contribution in [0, 0.1) is 0 Å². The molecule has 136 valence electrons. The number of unbranched alkanes of at least 4 members (excludes halogenated alkanes) is 1. The van der Waals surface area contributed by atoms with E-state index in [1.165, 1.54) is 12.2 Å². The molecule has 8 heteroatoms. The van der Waals surface area contributed by atoms with Gasteiger partial charge in [-0.25, -0.2) is 4.99 Å². The Morgan fingerprint density at radius 3 is 2.96 bits per heavy atom. The van der Waals surface area contributed by atoms with Crippen LogP contribution in [0.1, 0.15) is 25.7 Å². The van der Waals surface area contributed by atoms with Crippen molar-refractivity contribution in [3.63, 3.8) is 0 Å². The maximum atomic E-state index is 5.99.